The highest BCUT2D eigenvalue weighted by Crippen LogP contribution is 2.37. The molecule has 1 aliphatic carbocycles. The molecule has 1 aromatic carbocycles. The van der Waals surface area contributed by atoms with Crippen LogP contribution >= 0.6 is 0 Å². The molecule has 2 atom stereocenters. The van der Waals surface area contributed by atoms with E-state index in [2.05, 4.69) is 22.5 Å². The number of pyridine rings is 1. The number of nitrogens with one attached hydrogen (secondary N) is 2. The molecule has 0 saturated heterocycles. The fourth-order valence-corrected chi connectivity index (χ4v) is 2.52. The SMILES string of the molecule is CC1CC1C(=O)NCCC(=O)Nc1cccc(Oc2ccncc2)c1. The number of amides is 2. The number of ether oxygens (including phenoxy) is 1. The highest BCUT2D eigenvalue weighted by atomic mass is 16.5. The molecule has 1 saturated carbocycles. The number of hydrogen-bond donors (Lipinski definition) is 2. The second-order valence-corrected chi connectivity index (χ2v) is 6.22. The molecule has 3 rings (SSSR count). The van der Waals surface area contributed by atoms with Gasteiger partial charge in [0.2, 0.25) is 11.8 Å². The van der Waals surface area contributed by atoms with E-state index in [1.807, 2.05) is 12.1 Å². The van der Waals surface area contributed by atoms with Crippen molar-refractivity contribution in [3.05, 3.63) is 48.8 Å². The van der Waals surface area contributed by atoms with Gasteiger partial charge in [0.05, 0.1) is 0 Å². The van der Waals surface area contributed by atoms with Gasteiger partial charge in [-0.3, -0.25) is 14.6 Å². The van der Waals surface area contributed by atoms with Crippen LogP contribution in [0.15, 0.2) is 48.8 Å². The number of carbonyl (C=O) groups excluding carboxylic acids is 2. The molecule has 6 nitrogen and oxygen atoms in total. The van der Waals surface area contributed by atoms with E-state index in [4.69, 9.17) is 4.74 Å². The Bertz CT molecular complexity index is 749. The van der Waals surface area contributed by atoms with Crippen LogP contribution in [0.4, 0.5) is 5.69 Å². The minimum Gasteiger partial charge on any atom is -0.457 e. The number of carbonyl (C=O) groups is 2. The Morgan fingerprint density at radius 3 is 2.68 bits per heavy atom. The van der Waals surface area contributed by atoms with Crippen molar-refractivity contribution in [1.29, 1.82) is 0 Å². The molecule has 6 heteroatoms. The Morgan fingerprint density at radius 1 is 1.20 bits per heavy atom. The monoisotopic (exact) mass is 339 g/mol. The van der Waals surface area contributed by atoms with Gasteiger partial charge in [0, 0.05) is 43.0 Å². The molecule has 0 radical (unpaired) electrons. The summed E-state index contributed by atoms with van der Waals surface area (Å²) in [6.45, 7) is 2.40. The predicted molar refractivity (Wildman–Crippen MR) is 94.3 cm³/mol. The second-order valence-electron chi connectivity index (χ2n) is 6.22. The Kier molecular flexibility index (Phi) is 5.28. The zero-order chi connectivity index (χ0) is 17.6. The first-order valence-corrected chi connectivity index (χ1v) is 8.37. The molecule has 0 aliphatic heterocycles. The molecule has 1 fully saturated rings. The summed E-state index contributed by atoms with van der Waals surface area (Å²) in [4.78, 5) is 27.6. The summed E-state index contributed by atoms with van der Waals surface area (Å²) in [5.74, 6) is 1.80. The number of aromatic nitrogens is 1. The van der Waals surface area contributed by atoms with E-state index in [-0.39, 0.29) is 24.2 Å². The van der Waals surface area contributed by atoms with Crippen molar-refractivity contribution in [2.24, 2.45) is 11.8 Å². The standard InChI is InChI=1S/C19H21N3O3/c1-13-11-17(13)19(24)21-10-7-18(23)22-14-3-2-4-16(12-14)25-15-5-8-20-9-6-15/h2-6,8-9,12-13,17H,7,10-11H2,1H3,(H,21,24)(H,22,23). The molecule has 0 spiro atoms. The van der Waals surface area contributed by atoms with Gasteiger partial charge in [0.1, 0.15) is 11.5 Å². The Morgan fingerprint density at radius 2 is 1.96 bits per heavy atom. The van der Waals surface area contributed by atoms with Gasteiger partial charge < -0.3 is 15.4 Å². The third kappa shape index (κ3) is 5.04. The zero-order valence-corrected chi connectivity index (χ0v) is 14.1. The van der Waals surface area contributed by atoms with E-state index in [1.54, 1.807) is 36.7 Å². The van der Waals surface area contributed by atoms with Crippen molar-refractivity contribution in [2.75, 3.05) is 11.9 Å². The minimum atomic E-state index is -0.148. The molecule has 2 aromatic rings. The van der Waals surface area contributed by atoms with Crippen LogP contribution in [0.25, 0.3) is 0 Å². The van der Waals surface area contributed by atoms with Gasteiger partial charge in [-0.1, -0.05) is 13.0 Å². The van der Waals surface area contributed by atoms with Crippen molar-refractivity contribution in [2.45, 2.75) is 19.8 Å². The van der Waals surface area contributed by atoms with E-state index in [1.165, 1.54) is 0 Å². The lowest BCUT2D eigenvalue weighted by Gasteiger charge is -2.09. The van der Waals surface area contributed by atoms with E-state index in [0.29, 0.717) is 29.6 Å². The van der Waals surface area contributed by atoms with Crippen LogP contribution in [-0.4, -0.2) is 23.3 Å². The van der Waals surface area contributed by atoms with Gasteiger partial charge in [0.15, 0.2) is 0 Å². The van der Waals surface area contributed by atoms with Gasteiger partial charge in [-0.2, -0.15) is 0 Å². The number of rotatable bonds is 7. The lowest BCUT2D eigenvalue weighted by atomic mass is 10.2. The van der Waals surface area contributed by atoms with Crippen LogP contribution in [0.1, 0.15) is 19.8 Å². The molecule has 1 heterocycles. The zero-order valence-electron chi connectivity index (χ0n) is 14.1. The summed E-state index contributed by atoms with van der Waals surface area (Å²) in [7, 11) is 0. The third-order valence-corrected chi connectivity index (χ3v) is 4.10. The van der Waals surface area contributed by atoms with Crippen molar-refractivity contribution in [3.8, 4) is 11.5 Å². The summed E-state index contributed by atoms with van der Waals surface area (Å²) in [6.07, 6.45) is 4.49. The van der Waals surface area contributed by atoms with E-state index < -0.39 is 0 Å². The number of benzene rings is 1. The summed E-state index contributed by atoms with van der Waals surface area (Å²) >= 11 is 0. The topological polar surface area (TPSA) is 80.3 Å². The molecule has 0 bridgehead atoms. The first-order valence-electron chi connectivity index (χ1n) is 8.37. The molecule has 2 unspecified atom stereocenters. The van der Waals surface area contributed by atoms with Gasteiger partial charge in [-0.15, -0.1) is 0 Å². The molecule has 2 amide bonds. The third-order valence-electron chi connectivity index (χ3n) is 4.10. The van der Waals surface area contributed by atoms with Crippen LogP contribution in [0, 0.1) is 11.8 Å². The van der Waals surface area contributed by atoms with E-state index in [0.717, 1.165) is 6.42 Å². The maximum Gasteiger partial charge on any atom is 0.226 e. The van der Waals surface area contributed by atoms with Gasteiger partial charge >= 0.3 is 0 Å². The normalized spacial score (nSPS) is 18.3. The van der Waals surface area contributed by atoms with E-state index in [9.17, 15) is 9.59 Å². The lowest BCUT2D eigenvalue weighted by molar-refractivity contribution is -0.122. The first-order chi connectivity index (χ1) is 12.1. The maximum atomic E-state index is 12.0. The summed E-state index contributed by atoms with van der Waals surface area (Å²) in [5.41, 5.74) is 0.652. The van der Waals surface area contributed by atoms with Crippen molar-refractivity contribution >= 4 is 17.5 Å². The largest absolute Gasteiger partial charge is 0.457 e. The Balaban J connectivity index is 1.46. The molecule has 25 heavy (non-hydrogen) atoms. The summed E-state index contributed by atoms with van der Waals surface area (Å²) in [5, 5.41) is 5.62. The lowest BCUT2D eigenvalue weighted by Crippen LogP contribution is -2.29. The first kappa shape index (κ1) is 17.0. The number of nitrogens with zero attached hydrogens (tertiary/aromatic N) is 1. The van der Waals surface area contributed by atoms with Gasteiger partial charge in [-0.05, 0) is 36.6 Å². The van der Waals surface area contributed by atoms with Crippen LogP contribution in [0.5, 0.6) is 11.5 Å². The van der Waals surface area contributed by atoms with Crippen LogP contribution in [0.2, 0.25) is 0 Å². The van der Waals surface area contributed by atoms with Crippen molar-refractivity contribution in [1.82, 2.24) is 10.3 Å². The Labute approximate surface area is 146 Å². The van der Waals surface area contributed by atoms with Crippen LogP contribution in [-0.2, 0) is 9.59 Å². The summed E-state index contributed by atoms with van der Waals surface area (Å²) in [6, 6.07) is 10.7. The van der Waals surface area contributed by atoms with E-state index >= 15 is 0 Å². The fourth-order valence-electron chi connectivity index (χ4n) is 2.52. The van der Waals surface area contributed by atoms with Crippen molar-refractivity contribution in [3.63, 3.8) is 0 Å². The number of anilines is 1. The van der Waals surface area contributed by atoms with Crippen LogP contribution < -0.4 is 15.4 Å². The highest BCUT2D eigenvalue weighted by molar-refractivity contribution is 5.91. The Hall–Kier alpha value is -2.89. The molecular formula is C19H21N3O3. The van der Waals surface area contributed by atoms with Gasteiger partial charge in [-0.25, -0.2) is 0 Å². The minimum absolute atomic E-state index is 0.0491. The smallest absolute Gasteiger partial charge is 0.226 e. The fraction of sp³-hybridized carbons (Fsp3) is 0.316. The van der Waals surface area contributed by atoms with Gasteiger partial charge in [0.25, 0.3) is 0 Å². The summed E-state index contributed by atoms with van der Waals surface area (Å²) < 4.78 is 5.71. The molecule has 1 aliphatic rings. The second kappa shape index (κ2) is 7.79. The molecule has 130 valence electrons. The quantitative estimate of drug-likeness (QED) is 0.813. The maximum absolute atomic E-state index is 12.0. The highest BCUT2D eigenvalue weighted by Gasteiger charge is 2.38. The van der Waals surface area contributed by atoms with Crippen LogP contribution in [0.3, 0.4) is 0 Å². The average molecular weight is 339 g/mol. The molecule has 1 aromatic heterocycles. The van der Waals surface area contributed by atoms with Crippen molar-refractivity contribution < 1.29 is 14.3 Å². The molecular weight excluding hydrogens is 318 g/mol. The molecule has 2 N–H and O–H groups in total. The number of hydrogen-bond acceptors (Lipinski definition) is 4. The predicted octanol–water partition coefficient (Wildman–Crippen LogP) is 2.97. The average Bonchev–Trinajstić information content (AvgIpc) is 3.33.